The van der Waals surface area contributed by atoms with E-state index < -0.39 is 13.8 Å². The van der Waals surface area contributed by atoms with Crippen LogP contribution in [0.4, 0.5) is 0 Å². The molecule has 2 rings (SSSR count). The van der Waals surface area contributed by atoms with Gasteiger partial charge in [0.1, 0.15) is 7.59 Å². The predicted molar refractivity (Wildman–Crippen MR) is 87.1 cm³/mol. The van der Waals surface area contributed by atoms with E-state index in [0.29, 0.717) is 0 Å². The number of benzene rings is 2. The van der Waals surface area contributed by atoms with E-state index in [0.717, 1.165) is 5.19 Å². The van der Waals surface area contributed by atoms with Gasteiger partial charge in [0.25, 0.3) is 6.21 Å². The lowest BCUT2D eigenvalue weighted by Crippen LogP contribution is -2.66. The van der Waals surface area contributed by atoms with Gasteiger partial charge in [0.15, 0.2) is 0 Å². The molecule has 94 valence electrons. The summed E-state index contributed by atoms with van der Waals surface area (Å²) in [6.45, 7) is 4.53. The maximum atomic E-state index is 6.85. The van der Waals surface area contributed by atoms with Crippen LogP contribution in [0, 0.1) is 0 Å². The Bertz CT molecular complexity index is 460. The quantitative estimate of drug-likeness (QED) is 0.601. The molecule has 0 N–H and O–H groups in total. The van der Waals surface area contributed by atoms with Crippen LogP contribution < -0.4 is 10.4 Å². The van der Waals surface area contributed by atoms with Gasteiger partial charge in [-0.1, -0.05) is 78.9 Å². The van der Waals surface area contributed by atoms with Crippen LogP contribution in [-0.4, -0.2) is 13.8 Å². The molecular weight excluding hydrogens is 295 g/mol. The Balaban J connectivity index is 2.47. The fourth-order valence-electron chi connectivity index (χ4n) is 2.04. The number of rotatable bonds is 3. The van der Waals surface area contributed by atoms with Crippen LogP contribution in [0.2, 0.25) is 13.1 Å². The average Bonchev–Trinajstić information content (AvgIpc) is 2.40. The van der Waals surface area contributed by atoms with Crippen molar-refractivity contribution >= 4 is 46.3 Å². The van der Waals surface area contributed by atoms with Gasteiger partial charge in [0.05, 0.1) is 0 Å². The van der Waals surface area contributed by atoms with Crippen molar-refractivity contribution in [2.45, 2.75) is 13.1 Å². The van der Waals surface area contributed by atoms with Gasteiger partial charge in [-0.05, 0) is 5.19 Å². The van der Waals surface area contributed by atoms with E-state index in [2.05, 4.69) is 49.5 Å². The zero-order valence-electron chi connectivity index (χ0n) is 10.5. The summed E-state index contributed by atoms with van der Waals surface area (Å²) >= 11 is 13.7. The minimum atomic E-state index is -2.46. The molecule has 0 fully saturated rings. The van der Waals surface area contributed by atoms with Crippen molar-refractivity contribution in [3.05, 3.63) is 60.7 Å². The minimum absolute atomic E-state index is 1.12. The molecule has 0 aliphatic carbocycles. The van der Waals surface area contributed by atoms with Crippen LogP contribution in [0.3, 0.4) is 0 Å². The van der Waals surface area contributed by atoms with Gasteiger partial charge in [-0.2, -0.15) is 0 Å². The molecule has 0 saturated heterocycles. The molecule has 2 aromatic carbocycles. The first-order valence-corrected chi connectivity index (χ1v) is 14.0. The molecule has 18 heavy (non-hydrogen) atoms. The second kappa shape index (κ2) is 5.21. The maximum Gasteiger partial charge on any atom is 0.272 e. The summed E-state index contributed by atoms with van der Waals surface area (Å²) in [6, 6.07) is 20.6. The van der Waals surface area contributed by atoms with Crippen LogP contribution in [0.15, 0.2) is 60.7 Å². The molecule has 0 atom stereocenters. The van der Waals surface area contributed by atoms with Crippen molar-refractivity contribution in [3.63, 3.8) is 0 Å². The van der Waals surface area contributed by atoms with E-state index in [1.165, 1.54) is 5.19 Å². The van der Waals surface area contributed by atoms with E-state index in [1.54, 1.807) is 0 Å². The highest BCUT2D eigenvalue weighted by molar-refractivity contribution is 7.81. The normalized spacial score (nSPS) is 12.4. The molecule has 0 amide bonds. The highest BCUT2D eigenvalue weighted by Gasteiger charge is 2.49. The molecule has 0 spiro atoms. The van der Waals surface area contributed by atoms with Gasteiger partial charge in [0.2, 0.25) is 0 Å². The maximum absolute atomic E-state index is 6.85. The highest BCUT2D eigenvalue weighted by Crippen LogP contribution is 2.27. The molecule has 0 unspecified atom stereocenters. The molecule has 4 heteroatoms. The van der Waals surface area contributed by atoms with Crippen LogP contribution in [-0.2, 0) is 0 Å². The van der Waals surface area contributed by atoms with Crippen LogP contribution in [0.25, 0.3) is 0 Å². The standard InChI is InChI=1S/C14H16Cl2Si2/c1-17(2,13-9-5-3-6-10-13)18(15,16)14-11-7-4-8-12-14/h3-12H,1-2H3. The molecule has 0 radical (unpaired) electrons. The zero-order valence-corrected chi connectivity index (χ0v) is 14.0. The van der Waals surface area contributed by atoms with E-state index in [4.69, 9.17) is 22.2 Å². The van der Waals surface area contributed by atoms with Crippen molar-refractivity contribution in [2.75, 3.05) is 0 Å². The lowest BCUT2D eigenvalue weighted by atomic mass is 10.4. The topological polar surface area (TPSA) is 0 Å². The summed E-state index contributed by atoms with van der Waals surface area (Å²) in [7, 11) is -1.88. The summed E-state index contributed by atoms with van der Waals surface area (Å²) in [5.41, 5.74) is 0. The Hall–Kier alpha value is -0.546. The zero-order chi connectivity index (χ0) is 13.2. The number of hydrogen-bond acceptors (Lipinski definition) is 0. The Morgan fingerprint density at radius 1 is 0.667 bits per heavy atom. The number of hydrogen-bond donors (Lipinski definition) is 0. The highest BCUT2D eigenvalue weighted by atomic mass is 35.7. The van der Waals surface area contributed by atoms with E-state index >= 15 is 0 Å². The van der Waals surface area contributed by atoms with Crippen molar-refractivity contribution in [2.24, 2.45) is 0 Å². The van der Waals surface area contributed by atoms with Gasteiger partial charge in [-0.25, -0.2) is 0 Å². The third kappa shape index (κ3) is 2.43. The minimum Gasteiger partial charge on any atom is -0.143 e. The van der Waals surface area contributed by atoms with Crippen LogP contribution in [0.5, 0.6) is 0 Å². The molecule has 2 aromatic rings. The van der Waals surface area contributed by atoms with E-state index in [-0.39, 0.29) is 0 Å². The molecule has 0 saturated carbocycles. The van der Waals surface area contributed by atoms with Gasteiger partial charge in [-0.3, -0.25) is 0 Å². The van der Waals surface area contributed by atoms with Crippen LogP contribution in [0.1, 0.15) is 0 Å². The number of halogens is 2. The summed E-state index contributed by atoms with van der Waals surface area (Å²) in [5, 5.41) is 2.44. The first kappa shape index (κ1) is 13.9. The lowest BCUT2D eigenvalue weighted by molar-refractivity contribution is 1.72. The van der Waals surface area contributed by atoms with Crippen LogP contribution >= 0.6 is 22.2 Å². The van der Waals surface area contributed by atoms with Crippen molar-refractivity contribution in [1.29, 1.82) is 0 Å². The Morgan fingerprint density at radius 3 is 1.50 bits per heavy atom. The largest absolute Gasteiger partial charge is 0.272 e. The van der Waals surface area contributed by atoms with Crippen molar-refractivity contribution in [1.82, 2.24) is 0 Å². The Labute approximate surface area is 120 Å². The Kier molecular flexibility index (Phi) is 4.02. The third-order valence-electron chi connectivity index (χ3n) is 3.42. The average molecular weight is 311 g/mol. The molecular formula is C14H16Cl2Si2. The van der Waals surface area contributed by atoms with Crippen molar-refractivity contribution in [3.8, 4) is 0 Å². The van der Waals surface area contributed by atoms with Gasteiger partial charge in [0, 0.05) is 0 Å². The van der Waals surface area contributed by atoms with E-state index in [1.807, 2.05) is 24.3 Å². The summed E-state index contributed by atoms with van der Waals surface area (Å²) in [6.07, 6.45) is -2.46. The second-order valence-corrected chi connectivity index (χ2v) is 22.4. The fourth-order valence-corrected chi connectivity index (χ4v) is 11.7. The first-order chi connectivity index (χ1) is 8.46. The third-order valence-corrected chi connectivity index (χ3v) is 24.1. The second-order valence-electron chi connectivity index (χ2n) is 4.93. The SMILES string of the molecule is C[Si](C)(c1ccccc1)[Si](Cl)(Cl)c1ccccc1. The molecule has 0 bridgehead atoms. The first-order valence-electron chi connectivity index (χ1n) is 5.95. The Morgan fingerprint density at radius 2 is 1.06 bits per heavy atom. The summed E-state index contributed by atoms with van der Waals surface area (Å²) in [4.78, 5) is 0. The van der Waals surface area contributed by atoms with Crippen molar-refractivity contribution < 1.29 is 0 Å². The van der Waals surface area contributed by atoms with E-state index in [9.17, 15) is 0 Å². The van der Waals surface area contributed by atoms with Gasteiger partial charge in [-0.15, -0.1) is 22.2 Å². The molecule has 0 nitrogen and oxygen atoms in total. The summed E-state index contributed by atoms with van der Waals surface area (Å²) in [5.74, 6) is 0. The smallest absolute Gasteiger partial charge is 0.143 e. The molecule has 0 heterocycles. The molecule has 0 aromatic heterocycles. The summed E-state index contributed by atoms with van der Waals surface area (Å²) < 4.78 is 0. The predicted octanol–water partition coefficient (Wildman–Crippen LogP) is 3.51. The van der Waals surface area contributed by atoms with Gasteiger partial charge >= 0.3 is 0 Å². The van der Waals surface area contributed by atoms with Gasteiger partial charge < -0.3 is 0 Å². The monoisotopic (exact) mass is 310 g/mol. The fraction of sp³-hybridized carbons (Fsp3) is 0.143. The molecule has 0 aliphatic heterocycles. The lowest BCUT2D eigenvalue weighted by Gasteiger charge is -2.34. The molecule has 0 aliphatic rings.